The molecule has 0 amide bonds. The van der Waals surface area contributed by atoms with Gasteiger partial charge < -0.3 is 5.11 Å². The topological polar surface area (TPSA) is 112 Å². The Hall–Kier alpha value is -1.15. The summed E-state index contributed by atoms with van der Waals surface area (Å²) in [5.41, 5.74) is 0. The summed E-state index contributed by atoms with van der Waals surface area (Å²) in [6.45, 7) is 0. The van der Waals surface area contributed by atoms with Crippen LogP contribution in [-0.4, -0.2) is 46.6 Å². The van der Waals surface area contributed by atoms with Crippen molar-refractivity contribution in [3.05, 3.63) is 0 Å². The molecule has 14 heteroatoms. The summed E-state index contributed by atoms with van der Waals surface area (Å²) in [5, 5.41) is 7.41. The molecular weight excluding hydrogens is 309 g/mol. The molecule has 0 spiro atoms. The lowest BCUT2D eigenvalue weighted by molar-refractivity contribution is -0.347. The van der Waals surface area contributed by atoms with Crippen LogP contribution in [0.3, 0.4) is 0 Å². The molecule has 0 aliphatic heterocycles. The minimum absolute atomic E-state index is 3.53. The van der Waals surface area contributed by atoms with E-state index in [9.17, 15) is 35.5 Å². The van der Waals surface area contributed by atoms with Gasteiger partial charge in [0.25, 0.3) is 0 Å². The predicted octanol–water partition coefficient (Wildman–Crippen LogP) is 1.25. The smallest absolute Gasteiger partial charge is 0.460 e. The fourth-order valence-corrected chi connectivity index (χ4v) is 0.312. The van der Waals surface area contributed by atoms with Crippen LogP contribution in [0.15, 0.2) is 0 Å². The largest absolute Gasteiger partial charge is 0.477 e. The molecule has 0 heterocycles. The van der Waals surface area contributed by atoms with Crippen LogP contribution < -0.4 is 0 Å². The average molecular weight is 312 g/mol. The molecule has 0 aromatic rings. The summed E-state index contributed by atoms with van der Waals surface area (Å²) in [7, 11) is -4.67. The molecule has 0 aromatic heterocycles. The van der Waals surface area contributed by atoms with Gasteiger partial charge in [0.1, 0.15) is 0 Å². The number of halogens is 7. The molecule has 0 aliphatic carbocycles. The highest BCUT2D eigenvalue weighted by atomic mass is 32.3. The van der Waals surface area contributed by atoms with Crippen LogP contribution in [0.5, 0.6) is 0 Å². The average Bonchev–Trinajstić information content (AvgIpc) is 1.97. The zero-order valence-corrected chi connectivity index (χ0v) is 8.44. The molecular formula is C4H3F7O6S. The summed E-state index contributed by atoms with van der Waals surface area (Å²) in [6.07, 6.45) is -6.60. The Bertz CT molecular complexity index is 389. The Morgan fingerprint density at radius 3 is 1.17 bits per heavy atom. The first-order valence-corrected chi connectivity index (χ1v) is 4.60. The van der Waals surface area contributed by atoms with Crippen LogP contribution in [0.25, 0.3) is 0 Å². The van der Waals surface area contributed by atoms with E-state index >= 15 is 0 Å². The van der Waals surface area contributed by atoms with Gasteiger partial charge in [0.05, 0.1) is 0 Å². The zero-order chi connectivity index (χ0) is 15.6. The van der Waals surface area contributed by atoms with Crippen LogP contribution in [-0.2, 0) is 15.2 Å². The predicted molar refractivity (Wildman–Crippen MR) is 37.8 cm³/mol. The third-order valence-electron chi connectivity index (χ3n) is 1.02. The fourth-order valence-electron chi connectivity index (χ4n) is 0.312. The molecule has 0 unspecified atom stereocenters. The van der Waals surface area contributed by atoms with Crippen molar-refractivity contribution in [3.63, 3.8) is 0 Å². The van der Waals surface area contributed by atoms with Crippen molar-refractivity contribution in [2.24, 2.45) is 0 Å². The summed E-state index contributed by atoms with van der Waals surface area (Å²) in [4.78, 5) is 9.38. The maximum absolute atomic E-state index is 11.8. The van der Waals surface area contributed by atoms with E-state index in [2.05, 4.69) is 0 Å². The standard InChI is InChI=1S/C4HF7O2.H2O4S/c5-2(6,1(12)13)3(7,8)4(9,10)11;1-5(2,3)4/h(H,12,13);(H2,1,2,3,4). The van der Waals surface area contributed by atoms with Gasteiger partial charge in [0, 0.05) is 0 Å². The van der Waals surface area contributed by atoms with Gasteiger partial charge in [-0.1, -0.05) is 0 Å². The lowest BCUT2D eigenvalue weighted by Gasteiger charge is -2.24. The first-order chi connectivity index (χ1) is 7.44. The molecule has 3 N–H and O–H groups in total. The Morgan fingerprint density at radius 1 is 0.889 bits per heavy atom. The third kappa shape index (κ3) is 5.46. The highest BCUT2D eigenvalue weighted by molar-refractivity contribution is 7.79. The molecule has 0 radical (unpaired) electrons. The normalized spacial score (nSPS) is 13.6. The van der Waals surface area contributed by atoms with Gasteiger partial charge in [-0.05, 0) is 0 Å². The van der Waals surface area contributed by atoms with E-state index in [1.807, 2.05) is 0 Å². The second kappa shape index (κ2) is 5.23. The van der Waals surface area contributed by atoms with Gasteiger partial charge in [-0.3, -0.25) is 9.11 Å². The van der Waals surface area contributed by atoms with Crippen LogP contribution in [0.4, 0.5) is 30.7 Å². The molecule has 0 saturated heterocycles. The van der Waals surface area contributed by atoms with E-state index in [0.29, 0.717) is 0 Å². The second-order valence-electron chi connectivity index (χ2n) is 2.40. The minimum atomic E-state index is -6.60. The first kappa shape index (κ1) is 19.2. The number of carboxylic acid groups (broad SMARTS) is 1. The zero-order valence-electron chi connectivity index (χ0n) is 7.62. The molecule has 6 nitrogen and oxygen atoms in total. The highest BCUT2D eigenvalue weighted by Crippen LogP contribution is 2.46. The lowest BCUT2D eigenvalue weighted by atomic mass is 10.1. The van der Waals surface area contributed by atoms with Gasteiger partial charge in [-0.25, -0.2) is 4.79 Å². The summed E-state index contributed by atoms with van der Waals surface area (Å²) < 4.78 is 112. The SMILES string of the molecule is O=C(O)C(F)(F)C(F)(F)C(F)(F)F.O=S(=O)(O)O. The number of hydrogen-bond donors (Lipinski definition) is 3. The number of carboxylic acids is 1. The van der Waals surface area contributed by atoms with Crippen molar-refractivity contribution in [2.45, 2.75) is 18.0 Å². The van der Waals surface area contributed by atoms with Crippen LogP contribution in [0.2, 0.25) is 0 Å². The van der Waals surface area contributed by atoms with Crippen molar-refractivity contribution >= 4 is 16.4 Å². The quantitative estimate of drug-likeness (QED) is 0.522. The maximum Gasteiger partial charge on any atom is 0.460 e. The van der Waals surface area contributed by atoms with E-state index < -0.39 is 34.4 Å². The summed E-state index contributed by atoms with van der Waals surface area (Å²) in [5.74, 6) is -16.3. The first-order valence-electron chi connectivity index (χ1n) is 3.20. The molecule has 18 heavy (non-hydrogen) atoms. The van der Waals surface area contributed by atoms with E-state index in [1.54, 1.807) is 0 Å². The fraction of sp³-hybridized carbons (Fsp3) is 0.750. The van der Waals surface area contributed by atoms with Gasteiger partial charge in [-0.2, -0.15) is 39.2 Å². The molecule has 0 aliphatic rings. The maximum atomic E-state index is 11.8. The van der Waals surface area contributed by atoms with Crippen molar-refractivity contribution in [2.75, 3.05) is 0 Å². The molecule has 0 atom stereocenters. The molecule has 0 rings (SSSR count). The van der Waals surface area contributed by atoms with E-state index in [0.717, 1.165) is 0 Å². The highest BCUT2D eigenvalue weighted by Gasteiger charge is 2.76. The van der Waals surface area contributed by atoms with E-state index in [4.69, 9.17) is 22.6 Å². The number of aliphatic carboxylic acids is 1. The number of carbonyl (C=O) groups is 1. The van der Waals surface area contributed by atoms with Crippen LogP contribution in [0, 0.1) is 0 Å². The Kier molecular flexibility index (Phi) is 5.58. The Labute approximate surface area is 93.6 Å². The Balaban J connectivity index is 0. The minimum Gasteiger partial charge on any atom is -0.477 e. The second-order valence-corrected chi connectivity index (χ2v) is 3.30. The van der Waals surface area contributed by atoms with Crippen LogP contribution in [0.1, 0.15) is 0 Å². The van der Waals surface area contributed by atoms with Crippen molar-refractivity contribution in [3.8, 4) is 0 Å². The van der Waals surface area contributed by atoms with Crippen LogP contribution >= 0.6 is 0 Å². The third-order valence-corrected chi connectivity index (χ3v) is 1.02. The number of alkyl halides is 7. The van der Waals surface area contributed by atoms with Gasteiger partial charge in [0.2, 0.25) is 0 Å². The molecule has 0 fully saturated rings. The van der Waals surface area contributed by atoms with Crippen molar-refractivity contribution in [1.29, 1.82) is 0 Å². The van der Waals surface area contributed by atoms with Gasteiger partial charge in [-0.15, -0.1) is 0 Å². The monoisotopic (exact) mass is 312 g/mol. The molecule has 0 bridgehead atoms. The Morgan fingerprint density at radius 2 is 1.11 bits per heavy atom. The molecule has 0 aromatic carbocycles. The van der Waals surface area contributed by atoms with Gasteiger partial charge in [0.15, 0.2) is 0 Å². The van der Waals surface area contributed by atoms with Crippen molar-refractivity contribution in [1.82, 2.24) is 0 Å². The number of hydrogen-bond acceptors (Lipinski definition) is 3. The summed E-state index contributed by atoms with van der Waals surface area (Å²) in [6, 6.07) is 0. The molecule has 0 saturated carbocycles. The number of rotatable bonds is 2. The lowest BCUT2D eigenvalue weighted by Crippen LogP contribution is -2.56. The van der Waals surface area contributed by atoms with Crippen molar-refractivity contribution < 1.29 is 58.2 Å². The summed E-state index contributed by atoms with van der Waals surface area (Å²) >= 11 is 0. The molecule has 110 valence electrons. The van der Waals surface area contributed by atoms with E-state index in [1.165, 1.54) is 0 Å². The van der Waals surface area contributed by atoms with E-state index in [-0.39, 0.29) is 0 Å². The van der Waals surface area contributed by atoms with Gasteiger partial charge >= 0.3 is 34.4 Å².